The lowest BCUT2D eigenvalue weighted by Crippen LogP contribution is -2.16. The molecule has 10 nitrogen and oxygen atoms in total. The Labute approximate surface area is 156 Å². The van der Waals surface area contributed by atoms with Gasteiger partial charge in [0.1, 0.15) is 5.39 Å². The van der Waals surface area contributed by atoms with Crippen molar-refractivity contribution in [2.24, 2.45) is 0 Å². The van der Waals surface area contributed by atoms with Crippen LogP contribution in [0, 0.1) is 0 Å². The van der Waals surface area contributed by atoms with Gasteiger partial charge in [-0.15, -0.1) is 0 Å². The van der Waals surface area contributed by atoms with Gasteiger partial charge in [-0.05, 0) is 12.1 Å². The molecule has 1 aliphatic rings. The van der Waals surface area contributed by atoms with Crippen LogP contribution in [0.15, 0.2) is 34.3 Å². The number of rotatable bonds is 6. The van der Waals surface area contributed by atoms with Crippen molar-refractivity contribution in [2.45, 2.75) is 11.7 Å². The minimum Gasteiger partial charge on any atom is -0.454 e. The number of amides is 1. The number of benzene rings is 1. The second-order valence-electron chi connectivity index (χ2n) is 5.60. The van der Waals surface area contributed by atoms with Crippen molar-refractivity contribution >= 4 is 34.4 Å². The smallest absolute Gasteiger partial charge is 0.262 e. The molecule has 0 radical (unpaired) electrons. The van der Waals surface area contributed by atoms with Crippen LogP contribution in [-0.4, -0.2) is 49.9 Å². The predicted molar refractivity (Wildman–Crippen MR) is 97.2 cm³/mol. The van der Waals surface area contributed by atoms with E-state index in [9.17, 15) is 9.59 Å². The van der Waals surface area contributed by atoms with Gasteiger partial charge in [0.15, 0.2) is 22.3 Å². The van der Waals surface area contributed by atoms with Crippen LogP contribution in [0.3, 0.4) is 0 Å². The van der Waals surface area contributed by atoms with Gasteiger partial charge in [-0.3, -0.25) is 9.59 Å². The lowest BCUT2D eigenvalue weighted by atomic mass is 10.3. The van der Waals surface area contributed by atoms with Gasteiger partial charge in [0.05, 0.1) is 25.1 Å². The highest BCUT2D eigenvalue weighted by Crippen LogP contribution is 2.34. The summed E-state index contributed by atoms with van der Waals surface area (Å²) in [6, 6.07) is 5.13. The van der Waals surface area contributed by atoms with Gasteiger partial charge in [0.25, 0.3) is 5.56 Å². The van der Waals surface area contributed by atoms with Gasteiger partial charge in [-0.2, -0.15) is 5.10 Å². The van der Waals surface area contributed by atoms with Crippen molar-refractivity contribution < 1.29 is 19.4 Å². The van der Waals surface area contributed by atoms with E-state index in [0.29, 0.717) is 33.4 Å². The maximum absolute atomic E-state index is 12.2. The Morgan fingerprint density at radius 3 is 3.07 bits per heavy atom. The number of nitrogens with zero attached hydrogens (tertiary/aromatic N) is 3. The lowest BCUT2D eigenvalue weighted by Gasteiger charge is -2.06. The monoisotopic (exact) mass is 389 g/mol. The maximum Gasteiger partial charge on any atom is 0.262 e. The van der Waals surface area contributed by atoms with E-state index >= 15 is 0 Å². The van der Waals surface area contributed by atoms with E-state index in [4.69, 9.17) is 14.6 Å². The van der Waals surface area contributed by atoms with Crippen LogP contribution in [0.4, 0.5) is 5.69 Å². The zero-order valence-electron chi connectivity index (χ0n) is 14.0. The third-order valence-electron chi connectivity index (χ3n) is 3.79. The van der Waals surface area contributed by atoms with Crippen LogP contribution < -0.4 is 20.3 Å². The summed E-state index contributed by atoms with van der Waals surface area (Å²) in [7, 11) is 0. The number of thioether (sulfide) groups is 1. The van der Waals surface area contributed by atoms with Gasteiger partial charge >= 0.3 is 0 Å². The number of hydrogen-bond acceptors (Lipinski definition) is 8. The highest BCUT2D eigenvalue weighted by atomic mass is 32.2. The summed E-state index contributed by atoms with van der Waals surface area (Å²) in [6.45, 7) is 0.275. The van der Waals surface area contributed by atoms with E-state index < -0.39 is 0 Å². The lowest BCUT2D eigenvalue weighted by molar-refractivity contribution is -0.113. The summed E-state index contributed by atoms with van der Waals surface area (Å²) < 4.78 is 11.9. The first-order valence-electron chi connectivity index (χ1n) is 8.03. The molecular weight excluding hydrogens is 374 g/mol. The number of aliphatic hydroxyl groups excluding tert-OH is 1. The fraction of sp³-hybridized carbons (Fsp3) is 0.250. The fourth-order valence-electron chi connectivity index (χ4n) is 2.58. The molecule has 3 N–H and O–H groups in total. The van der Waals surface area contributed by atoms with Crippen molar-refractivity contribution in [2.75, 3.05) is 24.5 Å². The van der Waals surface area contributed by atoms with E-state index in [2.05, 4.69) is 20.4 Å². The molecular formula is C16H15N5O5S. The summed E-state index contributed by atoms with van der Waals surface area (Å²) in [4.78, 5) is 31.2. The molecule has 0 fully saturated rings. The Bertz CT molecular complexity index is 1060. The third-order valence-corrected chi connectivity index (χ3v) is 4.67. The maximum atomic E-state index is 12.2. The number of ether oxygens (including phenoxy) is 2. The van der Waals surface area contributed by atoms with Crippen molar-refractivity contribution in [1.29, 1.82) is 0 Å². The van der Waals surface area contributed by atoms with Crippen LogP contribution >= 0.6 is 11.8 Å². The molecule has 0 unspecified atom stereocenters. The van der Waals surface area contributed by atoms with Crippen molar-refractivity contribution in [3.8, 4) is 11.5 Å². The topological polar surface area (TPSA) is 131 Å². The van der Waals surface area contributed by atoms with E-state index in [1.807, 2.05) is 0 Å². The van der Waals surface area contributed by atoms with Crippen molar-refractivity contribution in [1.82, 2.24) is 19.7 Å². The molecule has 3 aromatic rings. The first kappa shape index (κ1) is 17.4. The van der Waals surface area contributed by atoms with Gasteiger partial charge in [-0.25, -0.2) is 9.67 Å². The summed E-state index contributed by atoms with van der Waals surface area (Å²) in [5, 5.41) is 16.5. The SMILES string of the molecule is O=C(CSc1nc2c(cnn2CCO)c(=O)[nH]1)Nc1ccc2c(c1)OCO2. The quantitative estimate of drug-likeness (QED) is 0.412. The Hall–Kier alpha value is -3.05. The number of hydrogen-bond donors (Lipinski definition) is 3. The molecule has 3 heterocycles. The number of fused-ring (bicyclic) bond motifs is 2. The van der Waals surface area contributed by atoms with Crippen molar-refractivity contribution in [3.05, 3.63) is 34.7 Å². The minimum absolute atomic E-state index is 0.0526. The molecule has 4 rings (SSSR count). The van der Waals surface area contributed by atoms with Gasteiger partial charge in [-0.1, -0.05) is 11.8 Å². The largest absolute Gasteiger partial charge is 0.454 e. The van der Waals surface area contributed by atoms with Crippen LogP contribution in [0.1, 0.15) is 0 Å². The highest BCUT2D eigenvalue weighted by Gasteiger charge is 2.15. The molecule has 0 saturated carbocycles. The van der Waals surface area contributed by atoms with E-state index in [1.54, 1.807) is 18.2 Å². The van der Waals surface area contributed by atoms with Gasteiger partial charge in [0.2, 0.25) is 12.7 Å². The molecule has 27 heavy (non-hydrogen) atoms. The standard InChI is InChI=1S/C16H15N5O5S/c22-4-3-21-14-10(6-17-21)15(24)20-16(19-14)27-7-13(23)18-9-1-2-11-12(5-9)26-8-25-11/h1-2,5-6,22H,3-4,7-8H2,(H,18,23)(H,19,20,24). The minimum atomic E-state index is -0.345. The Morgan fingerprint density at radius 2 is 2.22 bits per heavy atom. The Balaban J connectivity index is 1.44. The molecule has 1 aromatic carbocycles. The van der Waals surface area contributed by atoms with E-state index in [-0.39, 0.29) is 37.2 Å². The number of carbonyl (C=O) groups excluding carboxylic acids is 1. The molecule has 0 spiro atoms. The van der Waals surface area contributed by atoms with Crippen LogP contribution in [0.2, 0.25) is 0 Å². The predicted octanol–water partition coefficient (Wildman–Crippen LogP) is 0.571. The average molecular weight is 389 g/mol. The highest BCUT2D eigenvalue weighted by molar-refractivity contribution is 7.99. The summed E-state index contributed by atoms with van der Waals surface area (Å²) in [6.07, 6.45) is 1.40. The average Bonchev–Trinajstić information content (AvgIpc) is 3.27. The van der Waals surface area contributed by atoms with Crippen LogP contribution in [0.5, 0.6) is 11.5 Å². The first-order valence-corrected chi connectivity index (χ1v) is 9.01. The molecule has 0 saturated heterocycles. The number of aromatic amines is 1. The summed E-state index contributed by atoms with van der Waals surface area (Å²) in [5.74, 6) is 1.01. The summed E-state index contributed by atoms with van der Waals surface area (Å²) >= 11 is 1.09. The van der Waals surface area contributed by atoms with Crippen molar-refractivity contribution in [3.63, 3.8) is 0 Å². The van der Waals surface area contributed by atoms with Crippen LogP contribution in [-0.2, 0) is 11.3 Å². The second kappa shape index (κ2) is 7.29. The molecule has 2 aromatic heterocycles. The number of aromatic nitrogens is 4. The van der Waals surface area contributed by atoms with E-state index in [0.717, 1.165) is 11.8 Å². The molecule has 0 bridgehead atoms. The second-order valence-corrected chi connectivity index (χ2v) is 6.57. The molecule has 11 heteroatoms. The number of anilines is 1. The molecule has 140 valence electrons. The normalized spacial score (nSPS) is 12.5. The van der Waals surface area contributed by atoms with E-state index in [1.165, 1.54) is 10.9 Å². The third kappa shape index (κ3) is 3.59. The Kier molecular flexibility index (Phi) is 4.69. The molecule has 1 amide bonds. The number of H-pyrrole nitrogens is 1. The first-order chi connectivity index (χ1) is 13.1. The molecule has 0 atom stereocenters. The van der Waals surface area contributed by atoms with Crippen LogP contribution in [0.25, 0.3) is 11.0 Å². The number of aliphatic hydroxyl groups is 1. The van der Waals surface area contributed by atoms with Gasteiger partial charge < -0.3 is 24.9 Å². The zero-order chi connectivity index (χ0) is 18.8. The Morgan fingerprint density at radius 1 is 1.37 bits per heavy atom. The zero-order valence-corrected chi connectivity index (χ0v) is 14.8. The summed E-state index contributed by atoms with van der Waals surface area (Å²) in [5.41, 5.74) is 0.608. The number of carbonyl (C=O) groups is 1. The molecule has 1 aliphatic heterocycles. The number of nitrogens with one attached hydrogen (secondary N) is 2. The van der Waals surface area contributed by atoms with Gasteiger partial charge in [0, 0.05) is 11.8 Å². The fourth-order valence-corrected chi connectivity index (χ4v) is 3.23. The molecule has 0 aliphatic carbocycles.